The molecule has 1 heterocycles. The van der Waals surface area contributed by atoms with Crippen LogP contribution in [0, 0.1) is 12.8 Å². The fraction of sp³-hybridized carbons (Fsp3) is 0.857. The van der Waals surface area contributed by atoms with E-state index in [0.717, 1.165) is 37.0 Å². The molecule has 1 aliphatic carbocycles. The van der Waals surface area contributed by atoms with Gasteiger partial charge in [-0.25, -0.2) is 0 Å². The van der Waals surface area contributed by atoms with Gasteiger partial charge in [-0.2, -0.15) is 0 Å². The van der Waals surface area contributed by atoms with E-state index in [0.29, 0.717) is 0 Å². The molecule has 1 aromatic rings. The minimum absolute atomic E-state index is 0.0563. The zero-order valence-electron chi connectivity index (χ0n) is 11.7. The smallest absolute Gasteiger partial charge is 0.149 e. The molecule has 0 unspecified atom stereocenters. The first kappa shape index (κ1) is 13.5. The van der Waals surface area contributed by atoms with Gasteiger partial charge in [0.25, 0.3) is 0 Å². The van der Waals surface area contributed by atoms with Crippen LogP contribution in [0.3, 0.4) is 0 Å². The lowest BCUT2D eigenvalue weighted by Gasteiger charge is -2.24. The Bertz CT molecular complexity index is 366. The van der Waals surface area contributed by atoms with E-state index < -0.39 is 0 Å². The molecule has 4 nitrogen and oxygen atoms in total. The molecule has 4 heteroatoms. The van der Waals surface area contributed by atoms with Gasteiger partial charge in [-0.1, -0.05) is 39.0 Å². The van der Waals surface area contributed by atoms with Crippen LogP contribution in [0.25, 0.3) is 0 Å². The minimum Gasteiger partial charge on any atom is -0.321 e. The lowest BCUT2D eigenvalue weighted by Crippen LogP contribution is -2.21. The zero-order chi connectivity index (χ0) is 13.0. The topological polar surface area (TPSA) is 56.7 Å². The Balaban J connectivity index is 2.01. The first-order valence-corrected chi connectivity index (χ1v) is 7.37. The Labute approximate surface area is 110 Å². The summed E-state index contributed by atoms with van der Waals surface area (Å²) in [5.41, 5.74) is 6.35. The van der Waals surface area contributed by atoms with Gasteiger partial charge >= 0.3 is 0 Å². The van der Waals surface area contributed by atoms with Gasteiger partial charge in [0.05, 0.1) is 6.04 Å². The third kappa shape index (κ3) is 3.10. The van der Waals surface area contributed by atoms with E-state index in [-0.39, 0.29) is 6.04 Å². The second kappa shape index (κ2) is 6.32. The van der Waals surface area contributed by atoms with Crippen molar-refractivity contribution in [2.75, 3.05) is 0 Å². The first-order valence-electron chi connectivity index (χ1n) is 7.37. The van der Waals surface area contributed by atoms with Crippen molar-refractivity contribution in [1.82, 2.24) is 14.8 Å². The summed E-state index contributed by atoms with van der Waals surface area (Å²) < 4.78 is 2.19. The number of hydrogen-bond donors (Lipinski definition) is 1. The summed E-state index contributed by atoms with van der Waals surface area (Å²) in [6.07, 6.45) is 9.00. The first-order chi connectivity index (χ1) is 8.72. The van der Waals surface area contributed by atoms with Crippen LogP contribution in [0.1, 0.15) is 69.6 Å². The van der Waals surface area contributed by atoms with Crippen LogP contribution in [-0.4, -0.2) is 14.8 Å². The van der Waals surface area contributed by atoms with Gasteiger partial charge < -0.3 is 10.3 Å². The molecule has 0 radical (unpaired) electrons. The van der Waals surface area contributed by atoms with Crippen LogP contribution in [0.4, 0.5) is 0 Å². The Morgan fingerprint density at radius 2 is 2.00 bits per heavy atom. The Hall–Kier alpha value is -0.900. The van der Waals surface area contributed by atoms with Crippen molar-refractivity contribution in [3.63, 3.8) is 0 Å². The number of nitrogens with zero attached hydrogens (tertiary/aromatic N) is 3. The number of nitrogens with two attached hydrogens (primary N) is 1. The molecule has 0 aromatic carbocycles. The average molecular weight is 250 g/mol. The van der Waals surface area contributed by atoms with Crippen molar-refractivity contribution >= 4 is 0 Å². The molecule has 0 bridgehead atoms. The maximum Gasteiger partial charge on any atom is 0.149 e. The van der Waals surface area contributed by atoms with Crippen LogP contribution in [-0.2, 0) is 6.54 Å². The maximum absolute atomic E-state index is 6.35. The molecule has 2 N–H and O–H groups in total. The van der Waals surface area contributed by atoms with Crippen LogP contribution >= 0.6 is 0 Å². The molecule has 18 heavy (non-hydrogen) atoms. The summed E-state index contributed by atoms with van der Waals surface area (Å²) in [4.78, 5) is 0. The Morgan fingerprint density at radius 1 is 1.28 bits per heavy atom. The highest BCUT2D eigenvalue weighted by Gasteiger charge is 2.21. The van der Waals surface area contributed by atoms with Crippen LogP contribution in [0.15, 0.2) is 0 Å². The van der Waals surface area contributed by atoms with E-state index in [1.807, 2.05) is 6.92 Å². The van der Waals surface area contributed by atoms with Crippen LogP contribution in [0.5, 0.6) is 0 Å². The van der Waals surface area contributed by atoms with Crippen molar-refractivity contribution < 1.29 is 0 Å². The van der Waals surface area contributed by atoms with Gasteiger partial charge in [-0.3, -0.25) is 0 Å². The van der Waals surface area contributed by atoms with Crippen molar-refractivity contribution in [3.8, 4) is 0 Å². The fourth-order valence-corrected chi connectivity index (χ4v) is 3.06. The van der Waals surface area contributed by atoms with Crippen LogP contribution in [0.2, 0.25) is 0 Å². The van der Waals surface area contributed by atoms with Gasteiger partial charge in [0.1, 0.15) is 11.6 Å². The highest BCUT2D eigenvalue weighted by atomic mass is 15.3. The SMILES string of the molecule is CCCn1c(C)nnc1[C@H](N)CC1CCCCC1. The lowest BCUT2D eigenvalue weighted by molar-refractivity contribution is 0.312. The molecule has 0 saturated heterocycles. The largest absolute Gasteiger partial charge is 0.321 e. The fourth-order valence-electron chi connectivity index (χ4n) is 3.06. The molecule has 102 valence electrons. The Morgan fingerprint density at radius 3 is 2.67 bits per heavy atom. The minimum atomic E-state index is 0.0563. The van der Waals surface area contributed by atoms with Crippen molar-refractivity contribution in [1.29, 1.82) is 0 Å². The van der Waals surface area contributed by atoms with E-state index >= 15 is 0 Å². The summed E-state index contributed by atoms with van der Waals surface area (Å²) in [7, 11) is 0. The molecule has 0 spiro atoms. The van der Waals surface area contributed by atoms with E-state index in [9.17, 15) is 0 Å². The Kier molecular flexibility index (Phi) is 4.75. The van der Waals surface area contributed by atoms with E-state index in [4.69, 9.17) is 5.73 Å². The molecular formula is C14H26N4. The molecule has 1 fully saturated rings. The molecule has 0 amide bonds. The zero-order valence-corrected chi connectivity index (χ0v) is 11.7. The van der Waals surface area contributed by atoms with E-state index in [1.165, 1.54) is 32.1 Å². The molecule has 0 aliphatic heterocycles. The van der Waals surface area contributed by atoms with E-state index in [1.54, 1.807) is 0 Å². The summed E-state index contributed by atoms with van der Waals surface area (Å²) in [5.74, 6) is 2.77. The monoisotopic (exact) mass is 250 g/mol. The third-order valence-corrected chi connectivity index (χ3v) is 4.06. The highest BCUT2D eigenvalue weighted by molar-refractivity contribution is 5.00. The van der Waals surface area contributed by atoms with Crippen molar-refractivity contribution in [3.05, 3.63) is 11.6 Å². The van der Waals surface area contributed by atoms with Crippen LogP contribution < -0.4 is 5.73 Å². The number of hydrogen-bond acceptors (Lipinski definition) is 3. The molecule has 1 aromatic heterocycles. The third-order valence-electron chi connectivity index (χ3n) is 4.06. The predicted molar refractivity (Wildman–Crippen MR) is 73.2 cm³/mol. The molecule has 1 atom stereocenters. The molecule has 2 rings (SSSR count). The van der Waals surface area contributed by atoms with Crippen molar-refractivity contribution in [2.24, 2.45) is 11.7 Å². The molecule has 1 aliphatic rings. The predicted octanol–water partition coefficient (Wildman–Crippen LogP) is 2.97. The summed E-state index contributed by atoms with van der Waals surface area (Å²) >= 11 is 0. The summed E-state index contributed by atoms with van der Waals surface area (Å²) in [6.45, 7) is 5.17. The second-order valence-corrected chi connectivity index (χ2v) is 5.60. The van der Waals surface area contributed by atoms with E-state index in [2.05, 4.69) is 21.7 Å². The standard InChI is InChI=1S/C14H26N4/c1-3-9-18-11(2)16-17-14(18)13(15)10-12-7-5-4-6-8-12/h12-13H,3-10,15H2,1-2H3/t13-/m1/s1. The lowest BCUT2D eigenvalue weighted by atomic mass is 9.85. The molecule has 1 saturated carbocycles. The summed E-state index contributed by atoms with van der Waals surface area (Å²) in [6, 6.07) is 0.0563. The number of rotatable bonds is 5. The number of aromatic nitrogens is 3. The van der Waals surface area contributed by atoms with Gasteiger partial charge in [-0.05, 0) is 25.7 Å². The maximum atomic E-state index is 6.35. The van der Waals surface area contributed by atoms with Crippen molar-refractivity contribution in [2.45, 2.75) is 71.4 Å². The second-order valence-electron chi connectivity index (χ2n) is 5.60. The summed E-state index contributed by atoms with van der Waals surface area (Å²) in [5, 5.41) is 8.47. The van der Waals surface area contributed by atoms with Gasteiger partial charge in [0.2, 0.25) is 0 Å². The average Bonchev–Trinajstić information content (AvgIpc) is 2.73. The highest BCUT2D eigenvalue weighted by Crippen LogP contribution is 2.30. The van der Waals surface area contributed by atoms with Gasteiger partial charge in [-0.15, -0.1) is 10.2 Å². The van der Waals surface area contributed by atoms with Gasteiger partial charge in [0.15, 0.2) is 0 Å². The number of aryl methyl sites for hydroxylation is 1. The normalized spacial score (nSPS) is 19.1. The quantitative estimate of drug-likeness (QED) is 0.874. The molecular weight excluding hydrogens is 224 g/mol. The van der Waals surface area contributed by atoms with Gasteiger partial charge in [0, 0.05) is 6.54 Å².